The molecule has 0 radical (unpaired) electrons. The zero-order chi connectivity index (χ0) is 44.8. The lowest BCUT2D eigenvalue weighted by Crippen LogP contribution is -2.22. The van der Waals surface area contributed by atoms with Gasteiger partial charge in [-0.3, -0.25) is 0 Å². The van der Waals surface area contributed by atoms with E-state index in [0.29, 0.717) is 0 Å². The quantitative estimate of drug-likeness (QED) is 0.155. The first-order valence-corrected chi connectivity index (χ1v) is 23.0. The Kier molecular flexibility index (Phi) is 9.35. The predicted molar refractivity (Wildman–Crippen MR) is 277 cm³/mol. The minimum atomic E-state index is -0.260. The Balaban J connectivity index is 1.03. The minimum absolute atomic E-state index is 0.235. The molecule has 0 atom stereocenters. The third-order valence-electron chi connectivity index (χ3n) is 13.3. The van der Waals surface area contributed by atoms with E-state index in [2.05, 4.69) is 237 Å². The second-order valence-corrected chi connectivity index (χ2v) is 20.3. The molecule has 0 saturated carbocycles. The van der Waals surface area contributed by atoms with Crippen LogP contribution in [0.15, 0.2) is 182 Å². The molecule has 0 aromatic heterocycles. The van der Waals surface area contributed by atoms with Crippen LogP contribution in [0.3, 0.4) is 0 Å². The summed E-state index contributed by atoms with van der Waals surface area (Å²) in [6.45, 7) is 17.3. The van der Waals surface area contributed by atoms with E-state index < -0.39 is 0 Å². The molecule has 10 aromatic carbocycles. The van der Waals surface area contributed by atoms with E-state index in [4.69, 9.17) is 9.47 Å². The van der Waals surface area contributed by atoms with Crippen molar-refractivity contribution in [2.45, 2.75) is 72.0 Å². The van der Waals surface area contributed by atoms with E-state index in [1.165, 1.54) is 110 Å². The lowest BCUT2D eigenvalue weighted by atomic mass is 9.79. The average molecular weight is 843 g/mol. The fourth-order valence-corrected chi connectivity index (χ4v) is 10.6. The molecule has 0 unspecified atom stereocenters. The van der Waals surface area contributed by atoms with Gasteiger partial charge in [0, 0.05) is 5.41 Å². The lowest BCUT2D eigenvalue weighted by molar-refractivity contribution is 0.130. The third kappa shape index (κ3) is 6.95. The van der Waals surface area contributed by atoms with Crippen LogP contribution >= 0.6 is 0 Å². The summed E-state index contributed by atoms with van der Waals surface area (Å²) < 4.78 is 12.4. The summed E-state index contributed by atoms with van der Waals surface area (Å²) in [5.74, 6) is 1.76. The number of fused-ring (bicyclic) bond motifs is 7. The zero-order valence-electron chi connectivity index (χ0n) is 38.6. The maximum atomic E-state index is 6.21. The zero-order valence-corrected chi connectivity index (χ0v) is 38.6. The average Bonchev–Trinajstić information content (AvgIpc) is 3.51. The van der Waals surface area contributed by atoms with Gasteiger partial charge in [0.1, 0.15) is 22.7 Å². The van der Waals surface area contributed by atoms with Gasteiger partial charge in [-0.2, -0.15) is 0 Å². The standard InChI is InChI=1S/C63H54O2/c1-61(2,3)64-43-31-25-39(26-32-43)57-47-17-9-13-21-51(47)59(52-22-14-10-18-48(52)57)41-29-35-45-46-36-30-42(38-56(46)63(7,8)55(45)37-41)60-53-23-15-11-19-49(53)58(50-20-12-16-24-54(50)60)40-27-33-44(34-28-40)65-62(4,5)6/h9-38H,1-8H3. The van der Waals surface area contributed by atoms with Crippen LogP contribution in [0.25, 0.3) is 98.7 Å². The van der Waals surface area contributed by atoms with E-state index >= 15 is 0 Å². The molecule has 1 aliphatic carbocycles. The molecule has 65 heavy (non-hydrogen) atoms. The van der Waals surface area contributed by atoms with Gasteiger partial charge in [0.25, 0.3) is 0 Å². The highest BCUT2D eigenvalue weighted by Gasteiger charge is 2.36. The highest BCUT2D eigenvalue weighted by molar-refractivity contribution is 6.23. The number of hydrogen-bond acceptors (Lipinski definition) is 2. The van der Waals surface area contributed by atoms with Gasteiger partial charge in [-0.05, 0) is 188 Å². The van der Waals surface area contributed by atoms with Gasteiger partial charge >= 0.3 is 0 Å². The van der Waals surface area contributed by atoms with Crippen LogP contribution in [-0.2, 0) is 5.41 Å². The Bertz CT molecular complexity index is 3150. The molecule has 0 bridgehead atoms. The van der Waals surface area contributed by atoms with Crippen LogP contribution < -0.4 is 9.47 Å². The van der Waals surface area contributed by atoms with Crippen molar-refractivity contribution < 1.29 is 9.47 Å². The number of ether oxygens (including phenoxy) is 2. The Hall–Kier alpha value is -7.16. The summed E-state index contributed by atoms with van der Waals surface area (Å²) in [7, 11) is 0. The molecule has 10 aromatic rings. The largest absolute Gasteiger partial charge is 0.488 e. The van der Waals surface area contributed by atoms with E-state index in [1.807, 2.05) is 0 Å². The van der Waals surface area contributed by atoms with Gasteiger partial charge in [0.05, 0.1) is 0 Å². The van der Waals surface area contributed by atoms with Crippen molar-refractivity contribution in [2.24, 2.45) is 0 Å². The first kappa shape index (κ1) is 40.6. The van der Waals surface area contributed by atoms with Gasteiger partial charge in [0.2, 0.25) is 0 Å². The molecule has 0 aliphatic heterocycles. The Morgan fingerprint density at radius 3 is 0.815 bits per heavy atom. The Labute approximate surface area is 383 Å². The first-order chi connectivity index (χ1) is 31.2. The SMILES string of the molecule is CC(C)(C)Oc1ccc(-c2c3ccccc3c(-c3ccc4c(c3)C(C)(C)c3cc(-c5c6ccccc6c(-c6ccc(OC(C)(C)C)cc6)c6ccccc56)ccc3-4)c3ccccc23)cc1. The normalized spacial score (nSPS) is 13.4. The van der Waals surface area contributed by atoms with E-state index in [1.54, 1.807) is 0 Å². The van der Waals surface area contributed by atoms with Crippen LogP contribution in [0.2, 0.25) is 0 Å². The Morgan fingerprint density at radius 2 is 0.554 bits per heavy atom. The van der Waals surface area contributed by atoms with E-state index in [0.717, 1.165) is 11.5 Å². The molecule has 0 fully saturated rings. The fraction of sp³-hybridized carbons (Fsp3) is 0.175. The molecule has 11 rings (SSSR count). The van der Waals surface area contributed by atoms with Crippen LogP contribution in [0, 0.1) is 0 Å². The maximum absolute atomic E-state index is 6.21. The van der Waals surface area contributed by atoms with Crippen molar-refractivity contribution in [2.75, 3.05) is 0 Å². The van der Waals surface area contributed by atoms with Crippen LogP contribution in [0.5, 0.6) is 11.5 Å². The van der Waals surface area contributed by atoms with E-state index in [9.17, 15) is 0 Å². The summed E-state index contributed by atoms with van der Waals surface area (Å²) in [5.41, 5.74) is 14.5. The topological polar surface area (TPSA) is 18.5 Å². The van der Waals surface area contributed by atoms with E-state index in [-0.39, 0.29) is 16.6 Å². The lowest BCUT2D eigenvalue weighted by Gasteiger charge is -2.24. The molecule has 0 amide bonds. The van der Waals surface area contributed by atoms with Gasteiger partial charge in [-0.15, -0.1) is 0 Å². The summed E-state index contributed by atoms with van der Waals surface area (Å²) in [4.78, 5) is 0. The molecule has 318 valence electrons. The van der Waals surface area contributed by atoms with Crippen molar-refractivity contribution in [3.05, 3.63) is 193 Å². The van der Waals surface area contributed by atoms with Gasteiger partial charge < -0.3 is 9.47 Å². The number of benzene rings is 10. The minimum Gasteiger partial charge on any atom is -0.488 e. The second-order valence-electron chi connectivity index (χ2n) is 20.3. The predicted octanol–water partition coefficient (Wildman–Crippen LogP) is 17.6. The molecule has 0 heterocycles. The summed E-state index contributed by atoms with van der Waals surface area (Å²) >= 11 is 0. The molecule has 0 saturated heterocycles. The second kappa shape index (κ2) is 15.0. The molecular weight excluding hydrogens is 789 g/mol. The smallest absolute Gasteiger partial charge is 0.120 e. The molecule has 2 heteroatoms. The van der Waals surface area contributed by atoms with Crippen molar-refractivity contribution in [1.29, 1.82) is 0 Å². The van der Waals surface area contributed by atoms with Crippen LogP contribution in [0.4, 0.5) is 0 Å². The number of rotatable bonds is 6. The van der Waals surface area contributed by atoms with Crippen LogP contribution in [-0.4, -0.2) is 11.2 Å². The number of hydrogen-bond donors (Lipinski definition) is 0. The molecule has 1 aliphatic rings. The maximum Gasteiger partial charge on any atom is 0.120 e. The van der Waals surface area contributed by atoms with Crippen LogP contribution in [0.1, 0.15) is 66.5 Å². The summed E-state index contributed by atoms with van der Waals surface area (Å²) in [5, 5.41) is 9.99. The summed E-state index contributed by atoms with van der Waals surface area (Å²) in [6, 6.07) is 67.4. The van der Waals surface area contributed by atoms with Gasteiger partial charge in [-0.1, -0.05) is 159 Å². The van der Waals surface area contributed by atoms with Crippen molar-refractivity contribution in [3.63, 3.8) is 0 Å². The highest BCUT2D eigenvalue weighted by Crippen LogP contribution is 2.53. The van der Waals surface area contributed by atoms with Crippen molar-refractivity contribution >= 4 is 43.1 Å². The summed E-state index contributed by atoms with van der Waals surface area (Å²) in [6.07, 6.45) is 0. The molecule has 0 spiro atoms. The monoisotopic (exact) mass is 842 g/mol. The third-order valence-corrected chi connectivity index (χ3v) is 13.3. The molecule has 2 nitrogen and oxygen atoms in total. The van der Waals surface area contributed by atoms with Gasteiger partial charge in [-0.25, -0.2) is 0 Å². The van der Waals surface area contributed by atoms with Gasteiger partial charge in [0.15, 0.2) is 0 Å². The fourth-order valence-electron chi connectivity index (χ4n) is 10.6. The highest BCUT2D eigenvalue weighted by atomic mass is 16.5. The van der Waals surface area contributed by atoms with Crippen molar-refractivity contribution in [3.8, 4) is 67.1 Å². The van der Waals surface area contributed by atoms with Crippen molar-refractivity contribution in [1.82, 2.24) is 0 Å². The first-order valence-electron chi connectivity index (χ1n) is 23.0. The Morgan fingerprint density at radius 1 is 0.308 bits per heavy atom. The molecular formula is C63H54O2. The molecule has 0 N–H and O–H groups in total.